The van der Waals surface area contributed by atoms with Gasteiger partial charge >= 0.3 is 0 Å². The molecule has 1 aromatic heterocycles. The fourth-order valence-corrected chi connectivity index (χ4v) is 3.70. The third-order valence-electron chi connectivity index (χ3n) is 4.25. The summed E-state index contributed by atoms with van der Waals surface area (Å²) in [5.74, 6) is 0. The van der Waals surface area contributed by atoms with E-state index in [0.29, 0.717) is 0 Å². The van der Waals surface area contributed by atoms with Crippen LogP contribution < -0.4 is 4.90 Å². The number of benzene rings is 3. The Kier molecular flexibility index (Phi) is 4.36. The molecule has 0 aliphatic heterocycles. The quantitative estimate of drug-likeness (QED) is 0.379. The average molecular weight is 341 g/mol. The van der Waals surface area contributed by atoms with Gasteiger partial charge in [-0.25, -0.2) is 0 Å². The van der Waals surface area contributed by atoms with Crippen LogP contribution in [0.4, 0.5) is 16.4 Å². The third-order valence-corrected chi connectivity index (χ3v) is 5.10. The van der Waals surface area contributed by atoms with Gasteiger partial charge in [0.15, 0.2) is 0 Å². The van der Waals surface area contributed by atoms with Crippen molar-refractivity contribution >= 4 is 27.7 Å². The van der Waals surface area contributed by atoms with Gasteiger partial charge in [0.1, 0.15) is 0 Å². The topological polar surface area (TPSA) is 3.24 Å². The zero-order valence-electron chi connectivity index (χ0n) is 14.1. The lowest BCUT2D eigenvalue weighted by molar-refractivity contribution is 1.30. The minimum atomic E-state index is 1.17. The van der Waals surface area contributed by atoms with Crippen molar-refractivity contribution in [3.05, 3.63) is 102 Å². The lowest BCUT2D eigenvalue weighted by Gasteiger charge is -2.24. The van der Waals surface area contributed by atoms with E-state index in [1.54, 1.807) is 11.3 Å². The molecule has 25 heavy (non-hydrogen) atoms. The maximum Gasteiger partial charge on any atom is 0.0999 e. The SMILES string of the molecule is Cc1ccc(N(c2ccc(-c3ccccc3)cc2)c2cccs2)cc1. The first-order valence-corrected chi connectivity index (χ1v) is 9.25. The number of hydrogen-bond donors (Lipinski definition) is 0. The number of aryl methyl sites for hydroxylation is 1. The van der Waals surface area contributed by atoms with Crippen LogP contribution in [0.25, 0.3) is 11.1 Å². The molecule has 122 valence electrons. The van der Waals surface area contributed by atoms with Crippen LogP contribution in [0, 0.1) is 6.92 Å². The Hall–Kier alpha value is -2.84. The Bertz CT molecular complexity index is 924. The lowest BCUT2D eigenvalue weighted by atomic mass is 10.1. The average Bonchev–Trinajstić information content (AvgIpc) is 3.19. The van der Waals surface area contributed by atoms with Crippen LogP contribution in [0.2, 0.25) is 0 Å². The molecule has 1 heterocycles. The highest BCUT2D eigenvalue weighted by Gasteiger charge is 2.13. The number of anilines is 3. The Balaban J connectivity index is 1.74. The second-order valence-corrected chi connectivity index (χ2v) is 6.96. The van der Waals surface area contributed by atoms with E-state index in [0.717, 1.165) is 0 Å². The summed E-state index contributed by atoms with van der Waals surface area (Å²) >= 11 is 1.75. The number of nitrogens with zero attached hydrogens (tertiary/aromatic N) is 1. The minimum absolute atomic E-state index is 1.17. The van der Waals surface area contributed by atoms with Crippen LogP contribution >= 0.6 is 11.3 Å². The second-order valence-electron chi connectivity index (χ2n) is 6.04. The van der Waals surface area contributed by atoms with Gasteiger partial charge in [-0.05, 0) is 59.8 Å². The third kappa shape index (κ3) is 3.35. The second kappa shape index (κ2) is 6.96. The van der Waals surface area contributed by atoms with E-state index in [-0.39, 0.29) is 0 Å². The minimum Gasteiger partial charge on any atom is -0.302 e. The molecule has 0 radical (unpaired) electrons. The van der Waals surface area contributed by atoms with Crippen molar-refractivity contribution < 1.29 is 0 Å². The van der Waals surface area contributed by atoms with E-state index in [2.05, 4.69) is 102 Å². The van der Waals surface area contributed by atoms with Gasteiger partial charge in [0.25, 0.3) is 0 Å². The van der Waals surface area contributed by atoms with Crippen LogP contribution in [-0.2, 0) is 0 Å². The molecule has 0 saturated carbocycles. The first-order chi connectivity index (χ1) is 12.3. The summed E-state index contributed by atoms with van der Waals surface area (Å²) in [5, 5.41) is 3.34. The van der Waals surface area contributed by atoms with E-state index in [1.165, 1.54) is 33.1 Å². The van der Waals surface area contributed by atoms with E-state index in [1.807, 2.05) is 6.07 Å². The molecule has 0 saturated heterocycles. The zero-order chi connectivity index (χ0) is 17.1. The van der Waals surface area contributed by atoms with Crippen LogP contribution in [0.5, 0.6) is 0 Å². The van der Waals surface area contributed by atoms with Crippen molar-refractivity contribution in [2.45, 2.75) is 6.92 Å². The molecule has 2 heteroatoms. The van der Waals surface area contributed by atoms with Gasteiger partial charge in [-0.2, -0.15) is 0 Å². The number of hydrogen-bond acceptors (Lipinski definition) is 2. The van der Waals surface area contributed by atoms with Gasteiger partial charge in [0, 0.05) is 11.4 Å². The van der Waals surface area contributed by atoms with Gasteiger partial charge in [-0.15, -0.1) is 11.3 Å². The monoisotopic (exact) mass is 341 g/mol. The van der Waals surface area contributed by atoms with Crippen molar-refractivity contribution in [1.82, 2.24) is 0 Å². The Labute approximate surface area is 152 Å². The van der Waals surface area contributed by atoms with Crippen LogP contribution in [-0.4, -0.2) is 0 Å². The van der Waals surface area contributed by atoms with Gasteiger partial charge < -0.3 is 4.90 Å². The molecule has 4 rings (SSSR count). The lowest BCUT2D eigenvalue weighted by Crippen LogP contribution is -2.08. The fraction of sp³-hybridized carbons (Fsp3) is 0.0435. The van der Waals surface area contributed by atoms with Crippen molar-refractivity contribution in [3.63, 3.8) is 0 Å². The Morgan fingerprint density at radius 2 is 1.20 bits per heavy atom. The summed E-state index contributed by atoms with van der Waals surface area (Å²) in [6.45, 7) is 2.12. The molecule has 1 nitrogen and oxygen atoms in total. The summed E-state index contributed by atoms with van der Waals surface area (Å²) in [5.41, 5.74) is 6.10. The molecule has 0 aliphatic carbocycles. The van der Waals surface area contributed by atoms with Gasteiger partial charge in [-0.3, -0.25) is 0 Å². The number of rotatable bonds is 4. The summed E-state index contributed by atoms with van der Waals surface area (Å²) < 4.78 is 0. The molecule has 4 aromatic rings. The van der Waals surface area contributed by atoms with E-state index < -0.39 is 0 Å². The molecular weight excluding hydrogens is 322 g/mol. The van der Waals surface area contributed by atoms with E-state index >= 15 is 0 Å². The molecule has 0 bridgehead atoms. The standard InChI is InChI=1S/C23H19NS/c1-18-9-13-21(14-10-18)24(23-8-5-17-25-23)22-15-11-20(12-16-22)19-6-3-2-4-7-19/h2-17H,1H3. The molecule has 0 spiro atoms. The summed E-state index contributed by atoms with van der Waals surface area (Å²) in [7, 11) is 0. The van der Waals surface area contributed by atoms with Crippen LogP contribution in [0.15, 0.2) is 96.4 Å². The maximum atomic E-state index is 2.30. The van der Waals surface area contributed by atoms with Crippen LogP contribution in [0.3, 0.4) is 0 Å². The molecular formula is C23H19NS. The predicted molar refractivity (Wildman–Crippen MR) is 109 cm³/mol. The van der Waals surface area contributed by atoms with E-state index in [9.17, 15) is 0 Å². The molecule has 0 N–H and O–H groups in total. The van der Waals surface area contributed by atoms with Gasteiger partial charge in [-0.1, -0.05) is 60.2 Å². The van der Waals surface area contributed by atoms with Crippen molar-refractivity contribution in [1.29, 1.82) is 0 Å². The molecule has 0 aliphatic rings. The molecule has 0 fully saturated rings. The Morgan fingerprint density at radius 1 is 0.600 bits per heavy atom. The smallest absolute Gasteiger partial charge is 0.0999 e. The van der Waals surface area contributed by atoms with Crippen molar-refractivity contribution in [3.8, 4) is 11.1 Å². The predicted octanol–water partition coefficient (Wildman–Crippen LogP) is 7.19. The summed E-state index contributed by atoms with van der Waals surface area (Å²) in [6.07, 6.45) is 0. The Morgan fingerprint density at radius 3 is 1.80 bits per heavy atom. The van der Waals surface area contributed by atoms with Crippen LogP contribution in [0.1, 0.15) is 5.56 Å². The molecule has 0 unspecified atom stereocenters. The highest BCUT2D eigenvalue weighted by Crippen LogP contribution is 2.38. The zero-order valence-corrected chi connectivity index (χ0v) is 14.9. The largest absolute Gasteiger partial charge is 0.302 e. The van der Waals surface area contributed by atoms with E-state index in [4.69, 9.17) is 0 Å². The highest BCUT2D eigenvalue weighted by molar-refractivity contribution is 7.14. The molecule has 0 amide bonds. The maximum absolute atomic E-state index is 2.30. The van der Waals surface area contributed by atoms with Crippen molar-refractivity contribution in [2.75, 3.05) is 4.90 Å². The summed E-state index contributed by atoms with van der Waals surface area (Å²) in [4.78, 5) is 2.30. The molecule has 0 atom stereocenters. The number of thiophene rings is 1. The van der Waals surface area contributed by atoms with Gasteiger partial charge in [0.2, 0.25) is 0 Å². The molecule has 3 aromatic carbocycles. The van der Waals surface area contributed by atoms with Crippen molar-refractivity contribution in [2.24, 2.45) is 0 Å². The van der Waals surface area contributed by atoms with Gasteiger partial charge in [0.05, 0.1) is 5.00 Å². The first-order valence-electron chi connectivity index (χ1n) is 8.37. The summed E-state index contributed by atoms with van der Waals surface area (Å²) in [6, 6.07) is 32.2. The highest BCUT2D eigenvalue weighted by atomic mass is 32.1. The normalized spacial score (nSPS) is 10.6. The fourth-order valence-electron chi connectivity index (χ4n) is 2.93. The first kappa shape index (κ1) is 15.7.